The molecule has 2 aromatic heterocycles. The van der Waals surface area contributed by atoms with Gasteiger partial charge in [0.1, 0.15) is 11.6 Å². The Morgan fingerprint density at radius 1 is 1.25 bits per heavy atom. The summed E-state index contributed by atoms with van der Waals surface area (Å²) < 4.78 is 0. The quantitative estimate of drug-likeness (QED) is 0.904. The van der Waals surface area contributed by atoms with Crippen LogP contribution >= 0.6 is 0 Å². The summed E-state index contributed by atoms with van der Waals surface area (Å²) in [5, 5.41) is 10.9. The number of aryl methyl sites for hydroxylation is 2. The highest BCUT2D eigenvalue weighted by atomic mass is 15.3. The van der Waals surface area contributed by atoms with Gasteiger partial charge in [0.05, 0.1) is 11.9 Å². The van der Waals surface area contributed by atoms with Gasteiger partial charge < -0.3 is 4.90 Å². The monoisotopic (exact) mass is 272 g/mol. The molecule has 1 atom stereocenters. The lowest BCUT2D eigenvalue weighted by Crippen LogP contribution is -2.36. The third-order valence-corrected chi connectivity index (χ3v) is 4.05. The number of anilines is 1. The molecule has 3 heterocycles. The van der Waals surface area contributed by atoms with Crippen LogP contribution in [0.5, 0.6) is 0 Å². The summed E-state index contributed by atoms with van der Waals surface area (Å²) in [4.78, 5) is 11.4. The van der Waals surface area contributed by atoms with Crippen molar-refractivity contribution >= 4 is 5.82 Å². The van der Waals surface area contributed by atoms with Crippen molar-refractivity contribution in [2.75, 3.05) is 18.0 Å². The lowest BCUT2D eigenvalue weighted by molar-refractivity contribution is 0.496. The van der Waals surface area contributed by atoms with Crippen LogP contribution in [0, 0.1) is 20.8 Å². The molecule has 0 radical (unpaired) electrons. The van der Waals surface area contributed by atoms with Gasteiger partial charge >= 0.3 is 0 Å². The topological polar surface area (TPSA) is 70.6 Å². The number of aromatic nitrogens is 5. The van der Waals surface area contributed by atoms with Crippen molar-refractivity contribution in [2.24, 2.45) is 0 Å². The molecule has 3 rings (SSSR count). The summed E-state index contributed by atoms with van der Waals surface area (Å²) in [6.07, 6.45) is 4.14. The Morgan fingerprint density at radius 2 is 2.10 bits per heavy atom. The second-order valence-corrected chi connectivity index (χ2v) is 5.48. The molecule has 1 aliphatic heterocycles. The van der Waals surface area contributed by atoms with E-state index in [9.17, 15) is 0 Å². The average molecular weight is 272 g/mol. The molecule has 0 aromatic carbocycles. The van der Waals surface area contributed by atoms with E-state index in [0.717, 1.165) is 49.0 Å². The fraction of sp³-hybridized carbons (Fsp3) is 0.571. The molecule has 6 heteroatoms. The van der Waals surface area contributed by atoms with E-state index in [2.05, 4.69) is 37.2 Å². The van der Waals surface area contributed by atoms with Crippen molar-refractivity contribution in [2.45, 2.75) is 39.5 Å². The van der Waals surface area contributed by atoms with Gasteiger partial charge in [0, 0.05) is 30.3 Å². The highest BCUT2D eigenvalue weighted by Crippen LogP contribution is 2.29. The van der Waals surface area contributed by atoms with Gasteiger partial charge in [0.25, 0.3) is 0 Å². The van der Waals surface area contributed by atoms with E-state index in [-0.39, 0.29) is 0 Å². The molecule has 1 fully saturated rings. The van der Waals surface area contributed by atoms with E-state index in [1.54, 1.807) is 0 Å². The minimum absolute atomic E-state index is 0.428. The predicted molar refractivity (Wildman–Crippen MR) is 76.8 cm³/mol. The number of nitrogens with zero attached hydrogens (tertiary/aromatic N) is 5. The SMILES string of the molecule is Cc1nc(C)c(C)c(N2CCCC(c3cn[nH]n3)C2)n1. The first-order valence-corrected chi connectivity index (χ1v) is 7.07. The fourth-order valence-electron chi connectivity index (χ4n) is 2.88. The summed E-state index contributed by atoms with van der Waals surface area (Å²) in [5.41, 5.74) is 3.29. The Kier molecular flexibility index (Phi) is 3.38. The summed E-state index contributed by atoms with van der Waals surface area (Å²) in [7, 11) is 0. The zero-order valence-electron chi connectivity index (χ0n) is 12.2. The van der Waals surface area contributed by atoms with Crippen LogP contribution in [-0.4, -0.2) is 38.5 Å². The molecule has 1 N–H and O–H groups in total. The molecule has 1 saturated heterocycles. The second kappa shape index (κ2) is 5.19. The van der Waals surface area contributed by atoms with Crippen LogP contribution in [0.3, 0.4) is 0 Å². The van der Waals surface area contributed by atoms with Crippen LogP contribution in [-0.2, 0) is 0 Å². The van der Waals surface area contributed by atoms with Crippen molar-refractivity contribution in [3.8, 4) is 0 Å². The predicted octanol–water partition coefficient (Wildman–Crippen LogP) is 1.90. The molecule has 0 amide bonds. The van der Waals surface area contributed by atoms with Gasteiger partial charge in [-0.15, -0.1) is 0 Å². The maximum Gasteiger partial charge on any atom is 0.135 e. The normalized spacial score (nSPS) is 19.4. The standard InChI is InChI=1S/C14H20N6/c1-9-10(2)16-11(3)17-14(9)20-6-4-5-12(8-20)13-7-15-19-18-13/h7,12H,4-6,8H2,1-3H3,(H,15,18,19). The van der Waals surface area contributed by atoms with Gasteiger partial charge in [0.2, 0.25) is 0 Å². The van der Waals surface area contributed by atoms with Gasteiger partial charge in [0.15, 0.2) is 0 Å². The highest BCUT2D eigenvalue weighted by molar-refractivity contribution is 5.49. The molecular formula is C14H20N6. The van der Waals surface area contributed by atoms with Gasteiger partial charge in [-0.2, -0.15) is 15.4 Å². The summed E-state index contributed by atoms with van der Waals surface area (Å²) in [6, 6.07) is 0. The van der Waals surface area contributed by atoms with Crippen molar-refractivity contribution < 1.29 is 0 Å². The lowest BCUT2D eigenvalue weighted by Gasteiger charge is -2.33. The van der Waals surface area contributed by atoms with Gasteiger partial charge in [-0.1, -0.05) is 0 Å². The zero-order chi connectivity index (χ0) is 14.1. The van der Waals surface area contributed by atoms with Crippen LogP contribution in [0.2, 0.25) is 0 Å². The second-order valence-electron chi connectivity index (χ2n) is 5.48. The van der Waals surface area contributed by atoms with E-state index >= 15 is 0 Å². The van der Waals surface area contributed by atoms with Crippen LogP contribution < -0.4 is 4.90 Å². The Bertz CT molecular complexity index is 592. The highest BCUT2D eigenvalue weighted by Gasteiger charge is 2.25. The molecule has 20 heavy (non-hydrogen) atoms. The fourth-order valence-corrected chi connectivity index (χ4v) is 2.88. The minimum Gasteiger partial charge on any atom is -0.356 e. The van der Waals surface area contributed by atoms with Crippen LogP contribution in [0.25, 0.3) is 0 Å². The number of hydrogen-bond donors (Lipinski definition) is 1. The van der Waals surface area contributed by atoms with Crippen LogP contribution in [0.4, 0.5) is 5.82 Å². The Labute approximate surface area is 118 Å². The smallest absolute Gasteiger partial charge is 0.135 e. The van der Waals surface area contributed by atoms with E-state index < -0.39 is 0 Å². The lowest BCUT2D eigenvalue weighted by atomic mass is 9.95. The maximum absolute atomic E-state index is 4.64. The third-order valence-electron chi connectivity index (χ3n) is 4.05. The number of H-pyrrole nitrogens is 1. The Morgan fingerprint density at radius 3 is 2.85 bits per heavy atom. The van der Waals surface area contributed by atoms with Gasteiger partial charge in [-0.3, -0.25) is 0 Å². The molecule has 106 valence electrons. The average Bonchev–Trinajstić information content (AvgIpc) is 2.97. The number of rotatable bonds is 2. The van der Waals surface area contributed by atoms with E-state index in [4.69, 9.17) is 0 Å². The van der Waals surface area contributed by atoms with Crippen molar-refractivity contribution in [3.63, 3.8) is 0 Å². The van der Waals surface area contributed by atoms with Crippen molar-refractivity contribution in [1.82, 2.24) is 25.4 Å². The van der Waals surface area contributed by atoms with Crippen LogP contribution in [0.1, 0.15) is 41.5 Å². The Balaban J connectivity index is 1.87. The van der Waals surface area contributed by atoms with Crippen LogP contribution in [0.15, 0.2) is 6.20 Å². The maximum atomic E-state index is 4.64. The third kappa shape index (κ3) is 2.37. The first kappa shape index (κ1) is 13.0. The molecule has 1 unspecified atom stereocenters. The zero-order valence-corrected chi connectivity index (χ0v) is 12.2. The van der Waals surface area contributed by atoms with E-state index in [1.165, 1.54) is 5.56 Å². The van der Waals surface area contributed by atoms with E-state index in [1.807, 2.05) is 20.0 Å². The molecule has 6 nitrogen and oxygen atoms in total. The molecule has 1 aliphatic rings. The summed E-state index contributed by atoms with van der Waals surface area (Å²) in [6.45, 7) is 8.10. The van der Waals surface area contributed by atoms with Crippen molar-refractivity contribution in [3.05, 3.63) is 29.0 Å². The molecular weight excluding hydrogens is 252 g/mol. The van der Waals surface area contributed by atoms with Gasteiger partial charge in [-0.25, -0.2) is 9.97 Å². The summed E-state index contributed by atoms with van der Waals surface area (Å²) in [5.74, 6) is 2.34. The first-order chi connectivity index (χ1) is 9.65. The summed E-state index contributed by atoms with van der Waals surface area (Å²) >= 11 is 0. The molecule has 0 bridgehead atoms. The minimum atomic E-state index is 0.428. The molecule has 0 saturated carbocycles. The number of hydrogen-bond acceptors (Lipinski definition) is 5. The number of piperidine rings is 1. The molecule has 2 aromatic rings. The molecule has 0 spiro atoms. The Hall–Kier alpha value is -1.98. The molecule has 0 aliphatic carbocycles. The first-order valence-electron chi connectivity index (χ1n) is 7.07. The van der Waals surface area contributed by atoms with Gasteiger partial charge in [-0.05, 0) is 33.6 Å². The largest absolute Gasteiger partial charge is 0.356 e. The number of aromatic amines is 1. The van der Waals surface area contributed by atoms with E-state index in [0.29, 0.717) is 5.92 Å². The number of nitrogens with one attached hydrogen (secondary N) is 1. The van der Waals surface area contributed by atoms with Crippen molar-refractivity contribution in [1.29, 1.82) is 0 Å².